The molecule has 1 saturated heterocycles. The van der Waals surface area contributed by atoms with Crippen molar-refractivity contribution in [1.29, 1.82) is 0 Å². The van der Waals surface area contributed by atoms with Crippen molar-refractivity contribution in [2.75, 3.05) is 46.8 Å². The van der Waals surface area contributed by atoms with Crippen LogP contribution in [0.1, 0.15) is 43.2 Å². The molecule has 0 saturated carbocycles. The Hall–Kier alpha value is -1.60. The van der Waals surface area contributed by atoms with Crippen molar-refractivity contribution in [3.63, 3.8) is 0 Å². The lowest BCUT2D eigenvalue weighted by Crippen LogP contribution is -2.45. The Kier molecular flexibility index (Phi) is 8.39. The monoisotopic (exact) mass is 439 g/mol. The van der Waals surface area contributed by atoms with Gasteiger partial charge in [0.15, 0.2) is 0 Å². The minimum absolute atomic E-state index is 0.357. The molecular formula is C24H36F3N3O. The van der Waals surface area contributed by atoms with Gasteiger partial charge in [-0.3, -0.25) is 9.69 Å². The zero-order valence-electron chi connectivity index (χ0n) is 18.8. The summed E-state index contributed by atoms with van der Waals surface area (Å²) in [4.78, 5) is 18.8. The van der Waals surface area contributed by atoms with Crippen molar-refractivity contribution in [2.45, 2.75) is 57.2 Å². The number of fused-ring (bicyclic) bond motifs is 1. The Morgan fingerprint density at radius 1 is 1.06 bits per heavy atom. The second kappa shape index (κ2) is 10.8. The Morgan fingerprint density at radius 2 is 1.68 bits per heavy atom. The molecule has 1 aliphatic heterocycles. The Bertz CT molecular complexity index is 689. The SMILES string of the molecule is CN(C)CCCN(CC1CCN(C2Cc3ccccc3C2)CC1)C(=O)CCC(F)(F)F. The maximum absolute atomic E-state index is 12.6. The Labute approximate surface area is 184 Å². The van der Waals surface area contributed by atoms with Crippen LogP contribution in [0.3, 0.4) is 0 Å². The van der Waals surface area contributed by atoms with Crippen molar-refractivity contribution >= 4 is 5.91 Å². The number of carbonyl (C=O) groups is 1. The van der Waals surface area contributed by atoms with Crippen LogP contribution in [0.4, 0.5) is 13.2 Å². The minimum Gasteiger partial charge on any atom is -0.342 e. The summed E-state index contributed by atoms with van der Waals surface area (Å²) in [6.45, 7) is 3.96. The fraction of sp³-hybridized carbons (Fsp3) is 0.708. The van der Waals surface area contributed by atoms with E-state index in [2.05, 4.69) is 29.2 Å². The average molecular weight is 440 g/mol. The van der Waals surface area contributed by atoms with E-state index in [1.807, 2.05) is 19.0 Å². The van der Waals surface area contributed by atoms with Crippen molar-refractivity contribution < 1.29 is 18.0 Å². The zero-order chi connectivity index (χ0) is 22.4. The van der Waals surface area contributed by atoms with Crippen molar-refractivity contribution in [3.8, 4) is 0 Å². The molecule has 1 amide bonds. The molecule has 1 fully saturated rings. The molecule has 1 aromatic carbocycles. The van der Waals surface area contributed by atoms with Gasteiger partial charge in [-0.1, -0.05) is 24.3 Å². The normalized spacial score (nSPS) is 18.5. The quantitative estimate of drug-likeness (QED) is 0.582. The molecule has 0 bridgehead atoms. The molecule has 0 unspecified atom stereocenters. The van der Waals surface area contributed by atoms with Gasteiger partial charge in [0, 0.05) is 25.6 Å². The van der Waals surface area contributed by atoms with Gasteiger partial charge in [-0.05, 0) is 82.9 Å². The molecule has 1 aromatic rings. The van der Waals surface area contributed by atoms with E-state index < -0.39 is 19.0 Å². The Morgan fingerprint density at radius 3 is 2.23 bits per heavy atom. The van der Waals surface area contributed by atoms with Gasteiger partial charge in [0.2, 0.25) is 5.91 Å². The van der Waals surface area contributed by atoms with Gasteiger partial charge in [0.05, 0.1) is 6.42 Å². The summed E-state index contributed by atoms with van der Waals surface area (Å²) in [5, 5.41) is 0. The van der Waals surface area contributed by atoms with Crippen LogP contribution in [0.5, 0.6) is 0 Å². The smallest absolute Gasteiger partial charge is 0.342 e. The third-order valence-corrected chi connectivity index (χ3v) is 6.68. The second-order valence-electron chi connectivity index (χ2n) is 9.42. The molecule has 174 valence electrons. The van der Waals surface area contributed by atoms with Gasteiger partial charge >= 0.3 is 6.18 Å². The number of hydrogen-bond donors (Lipinski definition) is 0. The van der Waals surface area contributed by atoms with E-state index in [-0.39, 0.29) is 5.91 Å². The maximum atomic E-state index is 12.6. The highest BCUT2D eigenvalue weighted by Crippen LogP contribution is 2.29. The molecular weight excluding hydrogens is 403 g/mol. The lowest BCUT2D eigenvalue weighted by molar-refractivity contribution is -0.149. The highest BCUT2D eigenvalue weighted by Gasteiger charge is 2.32. The lowest BCUT2D eigenvalue weighted by Gasteiger charge is -2.38. The first kappa shape index (κ1) is 24.1. The molecule has 0 aromatic heterocycles. The number of rotatable bonds is 9. The summed E-state index contributed by atoms with van der Waals surface area (Å²) < 4.78 is 37.8. The van der Waals surface area contributed by atoms with Gasteiger partial charge in [0.1, 0.15) is 0 Å². The van der Waals surface area contributed by atoms with Crippen LogP contribution in [-0.2, 0) is 17.6 Å². The molecule has 4 nitrogen and oxygen atoms in total. The highest BCUT2D eigenvalue weighted by atomic mass is 19.4. The van der Waals surface area contributed by atoms with Crippen LogP contribution in [0, 0.1) is 5.92 Å². The van der Waals surface area contributed by atoms with Crippen LogP contribution in [0.15, 0.2) is 24.3 Å². The molecule has 0 N–H and O–H groups in total. The number of amides is 1. The van der Waals surface area contributed by atoms with Gasteiger partial charge in [-0.25, -0.2) is 0 Å². The third kappa shape index (κ3) is 7.49. The molecule has 0 spiro atoms. The third-order valence-electron chi connectivity index (χ3n) is 6.68. The molecule has 1 aliphatic carbocycles. The van der Waals surface area contributed by atoms with Crippen molar-refractivity contribution in [2.24, 2.45) is 5.92 Å². The van der Waals surface area contributed by atoms with Gasteiger partial charge in [-0.15, -0.1) is 0 Å². The summed E-state index contributed by atoms with van der Waals surface area (Å²) in [5.41, 5.74) is 2.91. The predicted molar refractivity (Wildman–Crippen MR) is 117 cm³/mol. The molecule has 31 heavy (non-hydrogen) atoms. The topological polar surface area (TPSA) is 26.8 Å². The summed E-state index contributed by atoms with van der Waals surface area (Å²) in [7, 11) is 3.93. The largest absolute Gasteiger partial charge is 0.389 e. The average Bonchev–Trinajstić information content (AvgIpc) is 3.15. The number of benzene rings is 1. The maximum Gasteiger partial charge on any atom is 0.389 e. The van der Waals surface area contributed by atoms with Crippen LogP contribution in [-0.4, -0.2) is 79.6 Å². The molecule has 0 atom stereocenters. The van der Waals surface area contributed by atoms with E-state index >= 15 is 0 Å². The number of halogens is 3. The first-order valence-corrected chi connectivity index (χ1v) is 11.5. The van der Waals surface area contributed by atoms with E-state index in [1.54, 1.807) is 4.90 Å². The van der Waals surface area contributed by atoms with Gasteiger partial charge in [-0.2, -0.15) is 13.2 Å². The van der Waals surface area contributed by atoms with Gasteiger partial charge < -0.3 is 9.80 Å². The fourth-order valence-corrected chi connectivity index (χ4v) is 4.91. The lowest BCUT2D eigenvalue weighted by atomic mass is 9.94. The van der Waals surface area contributed by atoms with E-state index in [0.717, 1.165) is 51.7 Å². The zero-order valence-corrected chi connectivity index (χ0v) is 18.8. The molecule has 1 heterocycles. The number of alkyl halides is 3. The van der Waals surface area contributed by atoms with E-state index in [1.165, 1.54) is 11.1 Å². The van der Waals surface area contributed by atoms with Crippen LogP contribution in [0.2, 0.25) is 0 Å². The molecule has 2 aliphatic rings. The fourth-order valence-electron chi connectivity index (χ4n) is 4.91. The molecule has 3 rings (SSSR count). The number of piperidine rings is 1. The van der Waals surface area contributed by atoms with Crippen LogP contribution >= 0.6 is 0 Å². The molecule has 7 heteroatoms. The van der Waals surface area contributed by atoms with Gasteiger partial charge in [0.25, 0.3) is 0 Å². The summed E-state index contributed by atoms with van der Waals surface area (Å²) in [5.74, 6) is 0.0129. The summed E-state index contributed by atoms with van der Waals surface area (Å²) in [6, 6.07) is 9.21. The number of likely N-dealkylation sites (tertiary alicyclic amines) is 1. The number of nitrogens with zero attached hydrogens (tertiary/aromatic N) is 3. The number of carbonyl (C=O) groups excluding carboxylic acids is 1. The first-order chi connectivity index (χ1) is 14.7. The standard InChI is InChI=1S/C24H36F3N3O/c1-28(2)12-5-13-30(23(31)8-11-24(25,26)27)18-19-9-14-29(15-10-19)22-16-20-6-3-4-7-21(20)17-22/h3-4,6-7,19,22H,5,8-18H2,1-2H3. The summed E-state index contributed by atoms with van der Waals surface area (Å²) in [6.07, 6.45) is -0.756. The second-order valence-corrected chi connectivity index (χ2v) is 9.42. The van der Waals surface area contributed by atoms with Crippen LogP contribution in [0.25, 0.3) is 0 Å². The van der Waals surface area contributed by atoms with Crippen LogP contribution < -0.4 is 0 Å². The first-order valence-electron chi connectivity index (χ1n) is 11.5. The Balaban J connectivity index is 1.49. The molecule has 0 radical (unpaired) electrons. The summed E-state index contributed by atoms with van der Waals surface area (Å²) >= 11 is 0. The van der Waals surface area contributed by atoms with E-state index in [9.17, 15) is 18.0 Å². The van der Waals surface area contributed by atoms with Crippen molar-refractivity contribution in [3.05, 3.63) is 35.4 Å². The highest BCUT2D eigenvalue weighted by molar-refractivity contribution is 5.76. The van der Waals surface area contributed by atoms with E-state index in [4.69, 9.17) is 0 Å². The van der Waals surface area contributed by atoms with Crippen molar-refractivity contribution in [1.82, 2.24) is 14.7 Å². The predicted octanol–water partition coefficient (Wildman–Crippen LogP) is 3.99. The minimum atomic E-state index is -4.28. The van der Waals surface area contributed by atoms with E-state index in [0.29, 0.717) is 25.0 Å². The number of hydrogen-bond acceptors (Lipinski definition) is 3.